The third-order valence-electron chi connectivity index (χ3n) is 5.27. The van der Waals surface area contributed by atoms with Gasteiger partial charge in [0.15, 0.2) is 0 Å². The number of nitrogens with one attached hydrogen (secondary N) is 2. The van der Waals surface area contributed by atoms with E-state index in [4.69, 9.17) is 9.47 Å². The highest BCUT2D eigenvalue weighted by atomic mass is 79.9. The number of methoxy groups -OCH3 is 2. The van der Waals surface area contributed by atoms with E-state index in [-0.39, 0.29) is 11.8 Å². The lowest BCUT2D eigenvalue weighted by molar-refractivity contribution is -0.105. The molecule has 0 spiro atoms. The number of ether oxygens (including phenoxy) is 2. The Morgan fingerprint density at radius 1 is 1.07 bits per heavy atom. The van der Waals surface area contributed by atoms with Gasteiger partial charge in [0.2, 0.25) is 6.41 Å². The zero-order valence-corrected chi connectivity index (χ0v) is 18.2. The van der Waals surface area contributed by atoms with Crippen molar-refractivity contribution in [3.63, 3.8) is 0 Å². The summed E-state index contributed by atoms with van der Waals surface area (Å²) in [5.41, 5.74) is 2.70. The summed E-state index contributed by atoms with van der Waals surface area (Å²) in [5, 5.41) is 5.74. The second-order valence-corrected chi connectivity index (χ2v) is 7.89. The van der Waals surface area contributed by atoms with E-state index in [1.165, 1.54) is 6.42 Å². The van der Waals surface area contributed by atoms with Crippen LogP contribution in [0.4, 0.5) is 11.4 Å². The van der Waals surface area contributed by atoms with Crippen LogP contribution in [0.25, 0.3) is 0 Å². The standard InChI is InChI=1S/C22H25BrN2O4/c1-28-16-10-15(11-17(12-16)29-2)25-22(27)18-8-9-19(23)21(24-13-26)20(18)14-6-4-3-5-7-14/h8-14H,3-7H2,1-2H3,(H,24,26)(H,25,27). The molecule has 154 valence electrons. The molecule has 2 aromatic rings. The van der Waals surface area contributed by atoms with Crippen molar-refractivity contribution in [3.8, 4) is 11.5 Å². The average Bonchev–Trinajstić information content (AvgIpc) is 2.75. The molecule has 29 heavy (non-hydrogen) atoms. The Bertz CT molecular complexity index is 872. The van der Waals surface area contributed by atoms with Crippen molar-refractivity contribution in [1.82, 2.24) is 0 Å². The predicted octanol–water partition coefficient (Wildman–Crippen LogP) is 5.33. The van der Waals surface area contributed by atoms with Gasteiger partial charge in [0.1, 0.15) is 11.5 Å². The summed E-state index contributed by atoms with van der Waals surface area (Å²) in [4.78, 5) is 24.4. The van der Waals surface area contributed by atoms with Crippen molar-refractivity contribution in [1.29, 1.82) is 0 Å². The fraction of sp³-hybridized carbons (Fsp3) is 0.364. The van der Waals surface area contributed by atoms with Gasteiger partial charge >= 0.3 is 0 Å². The van der Waals surface area contributed by atoms with Gasteiger partial charge in [-0.15, -0.1) is 0 Å². The van der Waals surface area contributed by atoms with E-state index in [1.54, 1.807) is 44.6 Å². The van der Waals surface area contributed by atoms with E-state index in [0.29, 0.717) is 34.8 Å². The number of hydrogen-bond acceptors (Lipinski definition) is 4. The third-order valence-corrected chi connectivity index (χ3v) is 5.93. The summed E-state index contributed by atoms with van der Waals surface area (Å²) in [6.07, 6.45) is 6.08. The first-order valence-corrected chi connectivity index (χ1v) is 10.4. The molecular weight excluding hydrogens is 436 g/mol. The van der Waals surface area contributed by atoms with E-state index in [0.717, 1.165) is 35.7 Å². The number of halogens is 1. The first kappa shape index (κ1) is 21.2. The summed E-state index contributed by atoms with van der Waals surface area (Å²) >= 11 is 3.52. The van der Waals surface area contributed by atoms with Crippen LogP contribution in [0.15, 0.2) is 34.8 Å². The number of carbonyl (C=O) groups excluding carboxylic acids is 2. The predicted molar refractivity (Wildman–Crippen MR) is 117 cm³/mol. The number of anilines is 2. The topological polar surface area (TPSA) is 76.7 Å². The molecule has 1 saturated carbocycles. The molecule has 2 amide bonds. The molecule has 0 unspecified atom stereocenters. The van der Waals surface area contributed by atoms with Crippen molar-refractivity contribution < 1.29 is 19.1 Å². The summed E-state index contributed by atoms with van der Waals surface area (Å²) in [7, 11) is 3.13. The molecule has 3 rings (SSSR count). The number of carbonyl (C=O) groups is 2. The van der Waals surface area contributed by atoms with Crippen LogP contribution in [0, 0.1) is 0 Å². The largest absolute Gasteiger partial charge is 0.497 e. The Hall–Kier alpha value is -2.54. The van der Waals surface area contributed by atoms with Gasteiger partial charge in [-0.05, 0) is 52.4 Å². The molecular formula is C22H25BrN2O4. The van der Waals surface area contributed by atoms with Crippen LogP contribution in [-0.2, 0) is 4.79 Å². The van der Waals surface area contributed by atoms with Crippen LogP contribution in [0.5, 0.6) is 11.5 Å². The van der Waals surface area contributed by atoms with E-state index in [1.807, 2.05) is 0 Å². The third kappa shape index (κ3) is 4.90. The highest BCUT2D eigenvalue weighted by molar-refractivity contribution is 9.10. The second kappa shape index (κ2) is 9.78. The number of hydrogen-bond donors (Lipinski definition) is 2. The van der Waals surface area contributed by atoms with Gasteiger partial charge in [-0.25, -0.2) is 0 Å². The molecule has 2 aromatic carbocycles. The number of rotatable bonds is 7. The fourth-order valence-electron chi connectivity index (χ4n) is 3.89. The summed E-state index contributed by atoms with van der Waals surface area (Å²) in [6.45, 7) is 0. The van der Waals surface area contributed by atoms with Gasteiger partial charge in [-0.2, -0.15) is 0 Å². The van der Waals surface area contributed by atoms with Crippen LogP contribution in [-0.4, -0.2) is 26.5 Å². The van der Waals surface area contributed by atoms with Gasteiger partial charge in [0, 0.05) is 33.9 Å². The van der Waals surface area contributed by atoms with Crippen LogP contribution < -0.4 is 20.1 Å². The Kier molecular flexibility index (Phi) is 7.14. The van der Waals surface area contributed by atoms with Crippen molar-refractivity contribution in [2.45, 2.75) is 38.0 Å². The minimum absolute atomic E-state index is 0.226. The first-order valence-electron chi connectivity index (χ1n) is 9.64. The Balaban J connectivity index is 2.00. The average molecular weight is 461 g/mol. The van der Waals surface area contributed by atoms with E-state index >= 15 is 0 Å². The monoisotopic (exact) mass is 460 g/mol. The van der Waals surface area contributed by atoms with Crippen molar-refractivity contribution in [3.05, 3.63) is 45.9 Å². The molecule has 2 N–H and O–H groups in total. The molecule has 1 aliphatic rings. The number of benzene rings is 2. The zero-order chi connectivity index (χ0) is 20.8. The maximum absolute atomic E-state index is 13.2. The Morgan fingerprint density at radius 3 is 2.31 bits per heavy atom. The smallest absolute Gasteiger partial charge is 0.256 e. The molecule has 1 fully saturated rings. The van der Waals surface area contributed by atoms with E-state index in [2.05, 4.69) is 26.6 Å². The Labute approximate surface area is 179 Å². The summed E-state index contributed by atoms with van der Waals surface area (Å²) in [5.74, 6) is 1.17. The maximum Gasteiger partial charge on any atom is 0.256 e. The lowest BCUT2D eigenvalue weighted by Gasteiger charge is -2.27. The molecule has 0 heterocycles. The normalized spacial score (nSPS) is 14.2. The van der Waals surface area contributed by atoms with Crippen molar-refractivity contribution in [2.24, 2.45) is 0 Å². The number of amides is 2. The summed E-state index contributed by atoms with van der Waals surface area (Å²) in [6, 6.07) is 8.82. The molecule has 0 radical (unpaired) electrons. The highest BCUT2D eigenvalue weighted by Gasteiger charge is 2.26. The molecule has 1 aliphatic carbocycles. The van der Waals surface area contributed by atoms with Crippen LogP contribution >= 0.6 is 15.9 Å². The van der Waals surface area contributed by atoms with E-state index < -0.39 is 0 Å². The van der Waals surface area contributed by atoms with Crippen molar-refractivity contribution >= 4 is 39.6 Å². The molecule has 0 aliphatic heterocycles. The maximum atomic E-state index is 13.2. The molecule has 0 bridgehead atoms. The minimum atomic E-state index is -0.234. The minimum Gasteiger partial charge on any atom is -0.497 e. The second-order valence-electron chi connectivity index (χ2n) is 7.04. The summed E-state index contributed by atoms with van der Waals surface area (Å²) < 4.78 is 11.3. The van der Waals surface area contributed by atoms with Crippen LogP contribution in [0.1, 0.15) is 53.9 Å². The van der Waals surface area contributed by atoms with Crippen LogP contribution in [0.3, 0.4) is 0 Å². The highest BCUT2D eigenvalue weighted by Crippen LogP contribution is 2.41. The lowest BCUT2D eigenvalue weighted by Crippen LogP contribution is -2.19. The molecule has 0 saturated heterocycles. The van der Waals surface area contributed by atoms with Gasteiger partial charge in [-0.3, -0.25) is 9.59 Å². The van der Waals surface area contributed by atoms with Crippen LogP contribution in [0.2, 0.25) is 0 Å². The van der Waals surface area contributed by atoms with Gasteiger partial charge in [0.25, 0.3) is 5.91 Å². The molecule has 6 nitrogen and oxygen atoms in total. The zero-order valence-electron chi connectivity index (χ0n) is 16.6. The SMILES string of the molecule is COc1cc(NC(=O)c2ccc(Br)c(NC=O)c2C2CCCCC2)cc(OC)c1. The molecule has 7 heteroatoms. The lowest BCUT2D eigenvalue weighted by atomic mass is 9.81. The van der Waals surface area contributed by atoms with Crippen molar-refractivity contribution in [2.75, 3.05) is 24.9 Å². The molecule has 0 atom stereocenters. The first-order chi connectivity index (χ1) is 14.1. The fourth-order valence-corrected chi connectivity index (χ4v) is 4.35. The van der Waals surface area contributed by atoms with Gasteiger partial charge < -0.3 is 20.1 Å². The molecule has 0 aromatic heterocycles. The van der Waals surface area contributed by atoms with Gasteiger partial charge in [0.05, 0.1) is 19.9 Å². The Morgan fingerprint density at radius 2 is 1.72 bits per heavy atom. The van der Waals surface area contributed by atoms with Gasteiger partial charge in [-0.1, -0.05) is 19.3 Å². The quantitative estimate of drug-likeness (QED) is 0.547. The van der Waals surface area contributed by atoms with E-state index in [9.17, 15) is 9.59 Å².